The molecule has 0 atom stereocenters. The average Bonchev–Trinajstić information content (AvgIpc) is 3.40. The molecule has 0 unspecified atom stereocenters. The number of ether oxygens (including phenoxy) is 1. The Balaban J connectivity index is 2.02. The third kappa shape index (κ3) is 6.73. The van der Waals surface area contributed by atoms with Gasteiger partial charge in [0, 0.05) is 50.6 Å². The Kier molecular flexibility index (Phi) is 9.67. The minimum Gasteiger partial charge on any atom is -0.459 e. The molecule has 0 spiro atoms. The number of halogens is 2. The van der Waals surface area contributed by atoms with Crippen molar-refractivity contribution in [1.29, 1.82) is 0 Å². The molecule has 1 heterocycles. The van der Waals surface area contributed by atoms with Crippen molar-refractivity contribution >= 4 is 44.9 Å². The molecule has 0 fully saturated rings. The molecule has 3 rings (SSSR count). The van der Waals surface area contributed by atoms with Gasteiger partial charge in [0.2, 0.25) is 0 Å². The Morgan fingerprint density at radius 1 is 1.03 bits per heavy atom. The SMILES string of the molecule is CCN(CC)c1ccc(CN(CCOC)C(=O)c2ccco2)c(OS(=O)(=O)c2ccc(Cl)c(Cl)c2)c1. The van der Waals surface area contributed by atoms with E-state index in [0.717, 1.165) is 5.69 Å². The Bertz CT molecular complexity index is 1280. The van der Waals surface area contributed by atoms with E-state index in [9.17, 15) is 13.2 Å². The Morgan fingerprint density at radius 3 is 2.39 bits per heavy atom. The lowest BCUT2D eigenvalue weighted by atomic mass is 10.1. The van der Waals surface area contributed by atoms with Gasteiger partial charge in [-0.3, -0.25) is 4.79 Å². The molecule has 1 aromatic heterocycles. The normalized spacial score (nSPS) is 11.4. The molecule has 194 valence electrons. The van der Waals surface area contributed by atoms with Gasteiger partial charge in [-0.2, -0.15) is 8.42 Å². The molecule has 8 nitrogen and oxygen atoms in total. The summed E-state index contributed by atoms with van der Waals surface area (Å²) >= 11 is 12.0. The zero-order valence-electron chi connectivity index (χ0n) is 20.2. The van der Waals surface area contributed by atoms with E-state index in [0.29, 0.717) is 18.7 Å². The monoisotopic (exact) mass is 554 g/mol. The van der Waals surface area contributed by atoms with Crippen LogP contribution in [0, 0.1) is 0 Å². The van der Waals surface area contributed by atoms with Crippen LogP contribution in [-0.2, 0) is 21.4 Å². The zero-order chi connectivity index (χ0) is 26.3. The summed E-state index contributed by atoms with van der Waals surface area (Å²) in [5.74, 6) is -0.0972. The van der Waals surface area contributed by atoms with Crippen LogP contribution in [0.4, 0.5) is 5.69 Å². The number of amides is 1. The van der Waals surface area contributed by atoms with E-state index in [1.807, 2.05) is 19.9 Å². The van der Waals surface area contributed by atoms with Crippen molar-refractivity contribution in [2.45, 2.75) is 25.3 Å². The number of furan rings is 1. The van der Waals surface area contributed by atoms with E-state index < -0.39 is 10.1 Å². The highest BCUT2D eigenvalue weighted by atomic mass is 35.5. The Labute approximate surface area is 221 Å². The van der Waals surface area contributed by atoms with Gasteiger partial charge < -0.3 is 23.1 Å². The number of carbonyl (C=O) groups is 1. The highest BCUT2D eigenvalue weighted by molar-refractivity contribution is 7.87. The molecule has 3 aromatic rings. The van der Waals surface area contributed by atoms with Crippen LogP contribution in [0.1, 0.15) is 30.0 Å². The highest BCUT2D eigenvalue weighted by Crippen LogP contribution is 2.32. The number of nitrogens with zero attached hydrogens (tertiary/aromatic N) is 2. The maximum Gasteiger partial charge on any atom is 0.339 e. The van der Waals surface area contributed by atoms with Crippen LogP contribution in [0.2, 0.25) is 10.0 Å². The summed E-state index contributed by atoms with van der Waals surface area (Å²) in [6.45, 7) is 6.03. The molecular formula is C25H28Cl2N2O6S. The molecule has 0 aliphatic carbocycles. The summed E-state index contributed by atoms with van der Waals surface area (Å²) in [5, 5.41) is 0.318. The van der Waals surface area contributed by atoms with Crippen molar-refractivity contribution in [3.63, 3.8) is 0 Å². The van der Waals surface area contributed by atoms with Crippen molar-refractivity contribution in [2.75, 3.05) is 38.3 Å². The number of methoxy groups -OCH3 is 1. The largest absolute Gasteiger partial charge is 0.459 e. The number of carbonyl (C=O) groups excluding carboxylic acids is 1. The van der Waals surface area contributed by atoms with E-state index >= 15 is 0 Å². The van der Waals surface area contributed by atoms with Crippen molar-refractivity contribution in [2.24, 2.45) is 0 Å². The van der Waals surface area contributed by atoms with Crippen LogP contribution < -0.4 is 9.08 Å². The standard InChI is InChI=1S/C25H28Cl2N2O6S/c1-4-28(5-2)19-9-8-18(17-29(12-14-33-3)25(30)23-7-6-13-34-23)24(15-19)35-36(31,32)20-10-11-21(26)22(27)16-20/h6-11,13,15-16H,4-5,12,14,17H2,1-3H3. The van der Waals surface area contributed by atoms with Gasteiger partial charge in [0.05, 0.1) is 22.9 Å². The summed E-state index contributed by atoms with van der Waals surface area (Å²) in [6, 6.07) is 12.4. The Hall–Kier alpha value is -2.72. The maximum atomic E-state index is 13.2. The summed E-state index contributed by atoms with van der Waals surface area (Å²) in [6.07, 6.45) is 1.42. The predicted octanol–water partition coefficient (Wildman–Crippen LogP) is 5.49. The van der Waals surface area contributed by atoms with E-state index in [1.165, 1.54) is 36.5 Å². The molecule has 0 saturated carbocycles. The first-order valence-corrected chi connectivity index (χ1v) is 13.5. The van der Waals surface area contributed by atoms with Gasteiger partial charge in [-0.1, -0.05) is 29.3 Å². The molecule has 1 amide bonds. The second kappa shape index (κ2) is 12.5. The number of anilines is 1. The third-order valence-corrected chi connectivity index (χ3v) is 7.47. The number of benzene rings is 2. The molecule has 0 saturated heterocycles. The number of hydrogen-bond donors (Lipinski definition) is 0. The van der Waals surface area contributed by atoms with Crippen LogP contribution in [0.25, 0.3) is 0 Å². The minimum absolute atomic E-state index is 0.0631. The van der Waals surface area contributed by atoms with Crippen molar-refractivity contribution < 1.29 is 26.5 Å². The molecular weight excluding hydrogens is 527 g/mol. The lowest BCUT2D eigenvalue weighted by molar-refractivity contribution is 0.0648. The fourth-order valence-electron chi connectivity index (χ4n) is 3.55. The second-order valence-corrected chi connectivity index (χ2v) is 10.1. The van der Waals surface area contributed by atoms with Crippen molar-refractivity contribution in [3.8, 4) is 5.75 Å². The van der Waals surface area contributed by atoms with E-state index in [2.05, 4.69) is 4.90 Å². The van der Waals surface area contributed by atoms with Crippen LogP contribution in [0.15, 0.2) is 64.1 Å². The molecule has 0 aliphatic heterocycles. The summed E-state index contributed by atoms with van der Waals surface area (Å²) in [5.41, 5.74) is 1.27. The average molecular weight is 555 g/mol. The van der Waals surface area contributed by atoms with Crippen molar-refractivity contribution in [3.05, 3.63) is 76.2 Å². The smallest absolute Gasteiger partial charge is 0.339 e. The van der Waals surface area contributed by atoms with Crippen LogP contribution in [-0.4, -0.2) is 52.6 Å². The van der Waals surface area contributed by atoms with E-state index in [4.69, 9.17) is 36.5 Å². The maximum absolute atomic E-state index is 13.2. The van der Waals surface area contributed by atoms with Gasteiger partial charge in [0.15, 0.2) is 5.76 Å². The molecule has 0 bridgehead atoms. The second-order valence-electron chi connectivity index (χ2n) is 7.77. The number of rotatable bonds is 12. The molecule has 0 radical (unpaired) electrons. The van der Waals surface area contributed by atoms with Gasteiger partial charge in [0.1, 0.15) is 10.6 Å². The molecule has 2 aromatic carbocycles. The number of hydrogen-bond acceptors (Lipinski definition) is 7. The zero-order valence-corrected chi connectivity index (χ0v) is 22.6. The van der Waals surface area contributed by atoms with E-state index in [-0.39, 0.29) is 52.1 Å². The molecule has 0 aliphatic rings. The summed E-state index contributed by atoms with van der Waals surface area (Å²) < 4.78 is 42.4. The summed E-state index contributed by atoms with van der Waals surface area (Å²) in [4.78, 5) is 16.5. The van der Waals surface area contributed by atoms with E-state index in [1.54, 1.807) is 24.3 Å². The van der Waals surface area contributed by atoms with Gasteiger partial charge in [-0.05, 0) is 50.2 Å². The van der Waals surface area contributed by atoms with Gasteiger partial charge in [0.25, 0.3) is 5.91 Å². The Morgan fingerprint density at radius 2 is 1.78 bits per heavy atom. The van der Waals surface area contributed by atoms with Gasteiger partial charge >= 0.3 is 10.1 Å². The third-order valence-electron chi connectivity index (χ3n) is 5.50. The molecule has 36 heavy (non-hydrogen) atoms. The quantitative estimate of drug-likeness (QED) is 0.273. The van der Waals surface area contributed by atoms with Gasteiger partial charge in [-0.25, -0.2) is 0 Å². The predicted molar refractivity (Wildman–Crippen MR) is 140 cm³/mol. The van der Waals surface area contributed by atoms with Gasteiger partial charge in [-0.15, -0.1) is 0 Å². The fraction of sp³-hybridized carbons (Fsp3) is 0.320. The molecule has 0 N–H and O–H groups in total. The first-order valence-electron chi connectivity index (χ1n) is 11.3. The van der Waals surface area contributed by atoms with Crippen LogP contribution in [0.3, 0.4) is 0 Å². The highest BCUT2D eigenvalue weighted by Gasteiger charge is 2.24. The first kappa shape index (κ1) is 27.9. The molecule has 11 heteroatoms. The fourth-order valence-corrected chi connectivity index (χ4v) is 4.90. The lowest BCUT2D eigenvalue weighted by Crippen LogP contribution is -2.33. The summed E-state index contributed by atoms with van der Waals surface area (Å²) in [7, 11) is -2.72. The topological polar surface area (TPSA) is 89.3 Å². The first-order chi connectivity index (χ1) is 17.2. The minimum atomic E-state index is -4.26. The van der Waals surface area contributed by atoms with Crippen LogP contribution in [0.5, 0.6) is 5.75 Å². The van der Waals surface area contributed by atoms with Crippen molar-refractivity contribution in [1.82, 2.24) is 4.90 Å². The lowest BCUT2D eigenvalue weighted by Gasteiger charge is -2.25. The van der Waals surface area contributed by atoms with Crippen LogP contribution >= 0.6 is 23.2 Å².